The molecule has 8 heteroatoms. The molecule has 0 bridgehead atoms. The number of nitrogens with zero attached hydrogens (tertiary/aromatic N) is 3. The molecule has 0 unspecified atom stereocenters. The van der Waals surface area contributed by atoms with Crippen molar-refractivity contribution in [2.45, 2.75) is 68.7 Å². The van der Waals surface area contributed by atoms with Gasteiger partial charge >= 0.3 is 0 Å². The Kier molecular flexibility index (Phi) is 10.8. The van der Waals surface area contributed by atoms with Gasteiger partial charge in [0.15, 0.2) is 5.78 Å². The number of rotatable bonds is 5. The van der Waals surface area contributed by atoms with Crippen LogP contribution >= 0.6 is 11.3 Å². The Hall–Kier alpha value is -2.15. The molecular formula is C30H41BIrN3O2S-. The summed E-state index contributed by atoms with van der Waals surface area (Å²) in [5, 5.41) is 16.7. The van der Waals surface area contributed by atoms with E-state index in [4.69, 9.17) is 10.2 Å². The summed E-state index contributed by atoms with van der Waals surface area (Å²) in [6.45, 7) is 18.4. The van der Waals surface area contributed by atoms with E-state index >= 15 is 0 Å². The Morgan fingerprint density at radius 3 is 2.32 bits per heavy atom. The minimum absolute atomic E-state index is 0. The van der Waals surface area contributed by atoms with Crippen LogP contribution in [0.15, 0.2) is 53.7 Å². The fourth-order valence-corrected chi connectivity index (χ4v) is 5.47. The second-order valence-electron chi connectivity index (χ2n) is 11.8. The normalized spacial score (nSPS) is 14.3. The maximum Gasteiger partial charge on any atom is 0.207 e. The Morgan fingerprint density at radius 1 is 1.13 bits per heavy atom. The van der Waals surface area contributed by atoms with E-state index in [1.165, 1.54) is 37.5 Å². The molecule has 1 aliphatic heterocycles. The second kappa shape index (κ2) is 12.8. The number of aromatic nitrogens is 1. The van der Waals surface area contributed by atoms with E-state index in [-0.39, 0.29) is 50.5 Å². The molecule has 1 N–H and O–H groups in total. The van der Waals surface area contributed by atoms with Crippen LogP contribution < -0.4 is 5.59 Å². The van der Waals surface area contributed by atoms with Gasteiger partial charge in [0.2, 0.25) is 6.98 Å². The van der Waals surface area contributed by atoms with Crippen LogP contribution in [0.2, 0.25) is 0 Å². The Bertz CT molecular complexity index is 1350. The predicted octanol–water partition coefficient (Wildman–Crippen LogP) is 7.61. The molecule has 207 valence electrons. The Balaban J connectivity index is 0.000000362. The quantitative estimate of drug-likeness (QED) is 0.168. The van der Waals surface area contributed by atoms with Crippen LogP contribution in [0.1, 0.15) is 67.9 Å². The third-order valence-electron chi connectivity index (χ3n) is 6.65. The van der Waals surface area contributed by atoms with Crippen molar-refractivity contribution in [3.63, 3.8) is 0 Å². The number of aliphatic hydroxyl groups excluding tert-OH is 1. The van der Waals surface area contributed by atoms with Crippen molar-refractivity contribution in [3.05, 3.63) is 64.5 Å². The molecule has 0 atom stereocenters. The van der Waals surface area contributed by atoms with Crippen LogP contribution in [0.4, 0.5) is 0 Å². The fourth-order valence-electron chi connectivity index (χ4n) is 4.20. The first-order valence-electron chi connectivity index (χ1n) is 13.0. The number of carbonyl (C=O) groups excluding carboxylic acids is 1. The van der Waals surface area contributed by atoms with Gasteiger partial charge in [-0.1, -0.05) is 67.5 Å². The molecule has 2 aromatic heterocycles. The molecule has 1 radical (unpaired) electrons. The zero-order valence-electron chi connectivity index (χ0n) is 24.3. The van der Waals surface area contributed by atoms with Gasteiger partial charge in [-0.2, -0.15) is 5.70 Å². The van der Waals surface area contributed by atoms with Crippen LogP contribution in [0.3, 0.4) is 0 Å². The average Bonchev–Trinajstić information content (AvgIpc) is 3.30. The van der Waals surface area contributed by atoms with Crippen molar-refractivity contribution >= 4 is 49.9 Å². The SMILES string of the molecule is CC(C)C(=O)/C=C(\O)C(C)C.CC1=C(C)N(C)B(c2nccc3c2sc2cc(CC(C)(C)C)ccc23)[N-]1.[Ir]. The van der Waals surface area contributed by atoms with Crippen molar-refractivity contribution in [1.29, 1.82) is 0 Å². The third kappa shape index (κ3) is 7.49. The van der Waals surface area contributed by atoms with Gasteiger partial charge in [0.05, 0.1) is 5.76 Å². The van der Waals surface area contributed by atoms with Gasteiger partial charge in [-0.3, -0.25) is 9.78 Å². The van der Waals surface area contributed by atoms with Crippen LogP contribution in [0.25, 0.3) is 25.4 Å². The number of thiophene rings is 1. The number of benzene rings is 1. The third-order valence-corrected chi connectivity index (χ3v) is 7.84. The van der Waals surface area contributed by atoms with Crippen molar-refractivity contribution in [3.8, 4) is 0 Å². The smallest absolute Gasteiger partial charge is 0.207 e. The molecule has 0 spiro atoms. The summed E-state index contributed by atoms with van der Waals surface area (Å²) in [5.41, 5.74) is 5.09. The maximum atomic E-state index is 11.0. The first kappa shape index (κ1) is 32.1. The van der Waals surface area contributed by atoms with E-state index in [9.17, 15) is 9.90 Å². The number of ketones is 1. The number of allylic oxidation sites excluding steroid dienone is 4. The van der Waals surface area contributed by atoms with Crippen molar-refractivity contribution in [2.75, 3.05) is 7.05 Å². The number of hydrogen-bond acceptors (Lipinski definition) is 5. The molecule has 1 aliphatic rings. The second-order valence-corrected chi connectivity index (χ2v) is 12.9. The minimum Gasteiger partial charge on any atom is -0.686 e. The molecule has 5 nitrogen and oxygen atoms in total. The van der Waals surface area contributed by atoms with Crippen LogP contribution in [-0.2, 0) is 31.3 Å². The van der Waals surface area contributed by atoms with E-state index < -0.39 is 0 Å². The molecule has 3 heterocycles. The van der Waals surface area contributed by atoms with E-state index in [0.717, 1.165) is 17.7 Å². The molecule has 0 amide bonds. The van der Waals surface area contributed by atoms with E-state index in [1.54, 1.807) is 0 Å². The first-order valence-corrected chi connectivity index (χ1v) is 13.9. The van der Waals surface area contributed by atoms with Gasteiger partial charge in [-0.15, -0.1) is 11.3 Å². The van der Waals surface area contributed by atoms with Crippen molar-refractivity contribution in [1.82, 2.24) is 9.79 Å². The molecule has 3 aromatic rings. The first-order chi connectivity index (χ1) is 17.2. The maximum absolute atomic E-state index is 11.0. The molecule has 0 saturated heterocycles. The number of pyridine rings is 1. The summed E-state index contributed by atoms with van der Waals surface area (Å²) in [7, 11) is 2.11. The monoisotopic (exact) mass is 711 g/mol. The molecule has 1 aromatic carbocycles. The molecule has 4 rings (SSSR count). The number of hydrogen-bond donors (Lipinski definition) is 1. The van der Waals surface area contributed by atoms with Crippen LogP contribution in [-0.4, -0.2) is 34.7 Å². The fraction of sp³-hybridized carbons (Fsp3) is 0.467. The summed E-state index contributed by atoms with van der Waals surface area (Å²) in [6.07, 6.45) is 4.33. The van der Waals surface area contributed by atoms with Crippen LogP contribution in [0.5, 0.6) is 0 Å². The molecule has 0 fully saturated rings. The Labute approximate surface area is 246 Å². The minimum atomic E-state index is -0.0316. The molecule has 0 saturated carbocycles. The summed E-state index contributed by atoms with van der Waals surface area (Å²) in [4.78, 5) is 18.0. The Morgan fingerprint density at radius 2 is 1.79 bits per heavy atom. The summed E-state index contributed by atoms with van der Waals surface area (Å²) in [5.74, 6) is 0.161. The molecule has 0 aliphatic carbocycles. The topological polar surface area (TPSA) is 67.5 Å². The van der Waals surface area contributed by atoms with Crippen molar-refractivity contribution in [2.24, 2.45) is 17.3 Å². The van der Waals surface area contributed by atoms with Crippen molar-refractivity contribution < 1.29 is 30.0 Å². The van der Waals surface area contributed by atoms with Gasteiger partial charge in [0, 0.05) is 70.0 Å². The van der Waals surface area contributed by atoms with Gasteiger partial charge in [-0.25, -0.2) is 0 Å². The largest absolute Gasteiger partial charge is 0.686 e. The number of fused-ring (bicyclic) bond motifs is 3. The zero-order valence-corrected chi connectivity index (χ0v) is 27.6. The molecule has 38 heavy (non-hydrogen) atoms. The van der Waals surface area contributed by atoms with Gasteiger partial charge in [0.25, 0.3) is 0 Å². The summed E-state index contributed by atoms with van der Waals surface area (Å²) in [6, 6.07) is 9.06. The molecular weight excluding hydrogens is 669 g/mol. The summed E-state index contributed by atoms with van der Waals surface area (Å²) >= 11 is 1.85. The van der Waals surface area contributed by atoms with E-state index in [1.807, 2.05) is 45.2 Å². The number of aliphatic hydroxyl groups is 1. The summed E-state index contributed by atoms with van der Waals surface area (Å²) < 4.78 is 2.61. The predicted molar refractivity (Wildman–Crippen MR) is 161 cm³/mol. The average molecular weight is 711 g/mol. The number of carbonyl (C=O) groups is 1. The van der Waals surface area contributed by atoms with Crippen LogP contribution in [0, 0.1) is 17.3 Å². The van der Waals surface area contributed by atoms with Gasteiger partial charge in [0.1, 0.15) is 0 Å². The van der Waals surface area contributed by atoms with E-state index in [0.29, 0.717) is 5.41 Å². The zero-order chi connectivity index (χ0) is 27.7. The van der Waals surface area contributed by atoms with Gasteiger partial charge in [-0.05, 0) is 49.2 Å². The standard InChI is InChI=1S/C21H25BN3S.C9H16O2.Ir/c1-13-14(2)25(6)22(24-13)20-19-17(9-10-23-20)16-8-7-15(11-18(16)26-19)12-21(3,4)5;1-6(2)8(10)5-9(11)7(3)4;/h7-11H,12H2,1-6H3;5-7,10H,1-4H3;/q-1;;/b;8-5-;. The van der Waals surface area contributed by atoms with E-state index in [2.05, 4.69) is 70.7 Å². The van der Waals surface area contributed by atoms with Gasteiger partial charge < -0.3 is 15.1 Å².